The standard InChI is InChI=1S/C20H24N2O4S2.C2HF3O2/c1-15-5-7-16(8-6-15)9-10-18-11-12-20(27-18)28(25,26)21-17(13-19(23)24)14-22(2,3)4;3-2(4,5)1(6)7/h5-8,11-12,17,21H,13-14H2,1-4H3;(H,6,7). The van der Waals surface area contributed by atoms with Crippen LogP contribution in [0.5, 0.6) is 0 Å². The molecule has 0 spiro atoms. The van der Waals surface area contributed by atoms with Crippen molar-refractivity contribution in [2.75, 3.05) is 27.7 Å². The molecule has 192 valence electrons. The van der Waals surface area contributed by atoms with Gasteiger partial charge in [0.1, 0.15) is 10.2 Å². The Balaban J connectivity index is 0.000000762. The predicted molar refractivity (Wildman–Crippen MR) is 122 cm³/mol. The number of likely N-dealkylation sites (N-methyl/N-ethyl adjacent to an activating group) is 1. The van der Waals surface area contributed by atoms with Crippen LogP contribution in [0.3, 0.4) is 0 Å². The fourth-order valence-electron chi connectivity index (χ4n) is 2.60. The minimum atomic E-state index is -5.19. The Morgan fingerprint density at radius 1 is 1.11 bits per heavy atom. The van der Waals surface area contributed by atoms with Crippen molar-refractivity contribution in [3.63, 3.8) is 0 Å². The molecule has 0 saturated heterocycles. The van der Waals surface area contributed by atoms with Crippen LogP contribution in [0.25, 0.3) is 0 Å². The lowest BCUT2D eigenvalue weighted by atomic mass is 10.1. The number of hydrogen-bond acceptors (Lipinski definition) is 6. The van der Waals surface area contributed by atoms with Gasteiger partial charge in [-0.1, -0.05) is 29.5 Å². The van der Waals surface area contributed by atoms with E-state index in [9.17, 15) is 26.4 Å². The Bertz CT molecular complexity index is 1190. The van der Waals surface area contributed by atoms with Crippen molar-refractivity contribution in [2.45, 2.75) is 29.8 Å². The third-order valence-corrected chi connectivity index (χ3v) is 6.98. The number of aliphatic carboxylic acids is 2. The molecule has 1 unspecified atom stereocenters. The van der Waals surface area contributed by atoms with E-state index in [4.69, 9.17) is 15.0 Å². The minimum Gasteiger partial charge on any atom is -0.542 e. The quantitative estimate of drug-likeness (QED) is 0.411. The highest BCUT2D eigenvalue weighted by Gasteiger charge is 2.29. The molecule has 0 aliphatic carbocycles. The van der Waals surface area contributed by atoms with Crippen LogP contribution in [-0.4, -0.2) is 69.9 Å². The van der Waals surface area contributed by atoms with E-state index >= 15 is 0 Å². The SMILES string of the molecule is Cc1ccc(C#Cc2ccc(S(=O)(=O)NC(CC(=O)O)C[N+](C)(C)C)s2)cc1.O=C([O-])C(F)(F)F. The van der Waals surface area contributed by atoms with Crippen molar-refractivity contribution in [2.24, 2.45) is 0 Å². The third-order valence-electron chi connectivity index (χ3n) is 3.97. The summed E-state index contributed by atoms with van der Waals surface area (Å²) >= 11 is 1.06. The Morgan fingerprint density at radius 2 is 1.66 bits per heavy atom. The molecule has 1 aromatic carbocycles. The summed E-state index contributed by atoms with van der Waals surface area (Å²) in [6, 6.07) is 10.2. The fraction of sp³-hybridized carbons (Fsp3) is 0.364. The summed E-state index contributed by atoms with van der Waals surface area (Å²) in [5.74, 6) is 1.94. The van der Waals surface area contributed by atoms with Gasteiger partial charge >= 0.3 is 12.1 Å². The van der Waals surface area contributed by atoms with E-state index in [1.165, 1.54) is 6.07 Å². The summed E-state index contributed by atoms with van der Waals surface area (Å²) in [6.07, 6.45) is -5.47. The van der Waals surface area contributed by atoms with E-state index < -0.39 is 34.2 Å². The largest absolute Gasteiger partial charge is 0.542 e. The van der Waals surface area contributed by atoms with Gasteiger partial charge in [-0.05, 0) is 31.2 Å². The lowest BCUT2D eigenvalue weighted by molar-refractivity contribution is -0.871. The average molecular weight is 535 g/mol. The molecule has 0 amide bonds. The van der Waals surface area contributed by atoms with Gasteiger partial charge in [0.15, 0.2) is 0 Å². The number of alkyl halides is 3. The average Bonchev–Trinajstić information content (AvgIpc) is 3.15. The number of benzene rings is 1. The number of quaternary nitrogens is 1. The summed E-state index contributed by atoms with van der Waals surface area (Å²) in [5, 5.41) is 17.9. The first-order chi connectivity index (χ1) is 15.9. The Morgan fingerprint density at radius 3 is 2.11 bits per heavy atom. The van der Waals surface area contributed by atoms with Crippen LogP contribution in [0.4, 0.5) is 13.2 Å². The zero-order valence-corrected chi connectivity index (χ0v) is 21.0. The molecule has 0 saturated carbocycles. The fourth-order valence-corrected chi connectivity index (χ4v) is 5.00. The molecule has 1 aromatic heterocycles. The van der Waals surface area contributed by atoms with Crippen molar-refractivity contribution in [1.29, 1.82) is 0 Å². The molecular formula is C22H25F3N2O6S2. The lowest BCUT2D eigenvalue weighted by Crippen LogP contribution is -2.49. The number of sulfonamides is 1. The van der Waals surface area contributed by atoms with E-state index in [1.54, 1.807) is 6.07 Å². The zero-order valence-electron chi connectivity index (χ0n) is 19.3. The first kappa shape index (κ1) is 30.1. The molecule has 2 aromatic rings. The maximum atomic E-state index is 12.7. The number of halogens is 3. The molecule has 2 rings (SSSR count). The van der Waals surface area contributed by atoms with Crippen LogP contribution < -0.4 is 9.83 Å². The van der Waals surface area contributed by atoms with E-state index in [1.807, 2.05) is 52.3 Å². The Kier molecular flexibility index (Phi) is 10.5. The number of rotatable bonds is 7. The normalized spacial score (nSPS) is 12.5. The number of nitrogens with one attached hydrogen (secondary N) is 1. The number of carbonyl (C=O) groups excluding carboxylic acids is 1. The molecule has 8 nitrogen and oxygen atoms in total. The van der Waals surface area contributed by atoms with Crippen LogP contribution in [-0.2, 0) is 19.6 Å². The van der Waals surface area contributed by atoms with Gasteiger partial charge in [0.2, 0.25) is 0 Å². The van der Waals surface area contributed by atoms with Crippen molar-refractivity contribution in [3.8, 4) is 11.8 Å². The molecule has 13 heteroatoms. The predicted octanol–water partition coefficient (Wildman–Crippen LogP) is 1.58. The van der Waals surface area contributed by atoms with E-state index in [0.29, 0.717) is 15.9 Å². The van der Waals surface area contributed by atoms with Gasteiger partial charge in [-0.15, -0.1) is 11.3 Å². The number of thiophene rings is 1. The smallest absolute Gasteiger partial charge is 0.430 e. The Labute approximate surface area is 205 Å². The van der Waals surface area contributed by atoms with Gasteiger partial charge < -0.3 is 19.5 Å². The molecule has 0 radical (unpaired) electrons. The summed E-state index contributed by atoms with van der Waals surface area (Å²) < 4.78 is 60.0. The van der Waals surface area contributed by atoms with Gasteiger partial charge in [0.25, 0.3) is 10.0 Å². The third kappa shape index (κ3) is 11.9. The van der Waals surface area contributed by atoms with Crippen LogP contribution in [0.1, 0.15) is 22.4 Å². The Hall–Kier alpha value is -2.92. The highest BCUT2D eigenvalue weighted by atomic mass is 32.2. The number of aryl methyl sites for hydroxylation is 1. The number of hydrogen-bond donors (Lipinski definition) is 2. The van der Waals surface area contributed by atoms with Crippen LogP contribution in [0.15, 0.2) is 40.6 Å². The van der Waals surface area contributed by atoms with E-state index in [0.717, 1.165) is 22.5 Å². The van der Waals surface area contributed by atoms with Gasteiger partial charge in [0, 0.05) is 5.56 Å². The van der Waals surface area contributed by atoms with Crippen LogP contribution in [0.2, 0.25) is 0 Å². The highest BCUT2D eigenvalue weighted by Crippen LogP contribution is 2.21. The van der Waals surface area contributed by atoms with Crippen molar-refractivity contribution >= 4 is 33.3 Å². The lowest BCUT2D eigenvalue weighted by Gasteiger charge is -2.28. The maximum absolute atomic E-state index is 12.7. The monoisotopic (exact) mass is 534 g/mol. The second-order valence-corrected chi connectivity index (χ2v) is 11.4. The molecule has 1 atom stereocenters. The summed E-state index contributed by atoms with van der Waals surface area (Å²) in [4.78, 5) is 20.5. The summed E-state index contributed by atoms with van der Waals surface area (Å²) in [5.41, 5.74) is 2.00. The van der Waals surface area contributed by atoms with Crippen LogP contribution in [0, 0.1) is 18.8 Å². The number of carboxylic acids is 2. The zero-order chi connectivity index (χ0) is 27.0. The molecule has 1 heterocycles. The van der Waals surface area contributed by atoms with Crippen molar-refractivity contribution in [3.05, 3.63) is 52.4 Å². The second kappa shape index (κ2) is 12.2. The number of carbonyl (C=O) groups is 2. The molecule has 2 N–H and O–H groups in total. The first-order valence-corrected chi connectivity index (χ1v) is 12.2. The number of nitrogens with zero attached hydrogens (tertiary/aromatic N) is 1. The van der Waals surface area contributed by atoms with Gasteiger partial charge in [0.05, 0.1) is 45.0 Å². The number of carboxylic acid groups (broad SMARTS) is 2. The highest BCUT2D eigenvalue weighted by molar-refractivity contribution is 7.91. The molecule has 0 aliphatic rings. The molecular weight excluding hydrogens is 509 g/mol. The summed E-state index contributed by atoms with van der Waals surface area (Å²) in [6.45, 7) is 2.35. The summed E-state index contributed by atoms with van der Waals surface area (Å²) in [7, 11) is 1.83. The molecule has 0 aliphatic heterocycles. The molecule has 0 fully saturated rings. The van der Waals surface area contributed by atoms with Crippen molar-refractivity contribution in [1.82, 2.24) is 4.72 Å². The van der Waals surface area contributed by atoms with Gasteiger partial charge in [-0.3, -0.25) is 4.79 Å². The first-order valence-electron chi connectivity index (χ1n) is 9.90. The van der Waals surface area contributed by atoms with Gasteiger partial charge in [-0.2, -0.15) is 13.2 Å². The van der Waals surface area contributed by atoms with Crippen molar-refractivity contribution < 1.29 is 45.9 Å². The topological polar surface area (TPSA) is 124 Å². The van der Waals surface area contributed by atoms with Crippen LogP contribution >= 0.6 is 11.3 Å². The van der Waals surface area contributed by atoms with E-state index in [-0.39, 0.29) is 10.6 Å². The molecule has 0 bridgehead atoms. The molecule has 35 heavy (non-hydrogen) atoms. The second-order valence-electron chi connectivity index (χ2n) is 8.41. The van der Waals surface area contributed by atoms with Gasteiger partial charge in [-0.25, -0.2) is 13.1 Å². The van der Waals surface area contributed by atoms with E-state index in [2.05, 4.69) is 16.6 Å². The maximum Gasteiger partial charge on any atom is 0.430 e. The minimum absolute atomic E-state index is 0.123.